The van der Waals surface area contributed by atoms with Gasteiger partial charge in [0.05, 0.1) is 0 Å². The van der Waals surface area contributed by atoms with Gasteiger partial charge >= 0.3 is 53.3 Å². The van der Waals surface area contributed by atoms with Gasteiger partial charge in [-0.05, 0) is 0 Å². The van der Waals surface area contributed by atoms with Gasteiger partial charge in [0.15, 0.2) is 0 Å². The molecule has 1 aliphatic rings. The molecular formula is C9F18. The van der Waals surface area contributed by atoms with Crippen molar-refractivity contribution in [2.75, 3.05) is 0 Å². The molecule has 1 rings (SSSR count). The van der Waals surface area contributed by atoms with Gasteiger partial charge in [-0.1, -0.05) is 0 Å². The van der Waals surface area contributed by atoms with E-state index >= 15 is 0 Å². The Balaban J connectivity index is 4.32. The zero-order valence-electron chi connectivity index (χ0n) is 11.3. The molecule has 0 aromatic heterocycles. The first-order chi connectivity index (χ1) is 11.2. The van der Waals surface area contributed by atoms with Crippen molar-refractivity contribution in [3.8, 4) is 0 Å². The van der Waals surface area contributed by atoms with E-state index < -0.39 is 53.3 Å². The predicted molar refractivity (Wildman–Crippen MR) is 44.5 cm³/mol. The molecule has 1 fully saturated rings. The van der Waals surface area contributed by atoms with Crippen LogP contribution in [0.2, 0.25) is 0 Å². The number of rotatable bonds is 1. The molecule has 0 nitrogen and oxygen atoms in total. The van der Waals surface area contributed by atoms with E-state index in [9.17, 15) is 79.0 Å². The number of hydrogen-bond acceptors (Lipinski definition) is 0. The summed E-state index contributed by atoms with van der Waals surface area (Å²) in [6.07, 6.45) is -16.5. The smallest absolute Gasteiger partial charge is 0.225 e. The molecule has 0 aromatic carbocycles. The van der Waals surface area contributed by atoms with Crippen molar-refractivity contribution in [1.82, 2.24) is 0 Å². The Hall–Kier alpha value is -1.26. The monoisotopic (exact) mass is 450 g/mol. The van der Waals surface area contributed by atoms with Crippen LogP contribution >= 0.6 is 0 Å². The van der Waals surface area contributed by atoms with Gasteiger partial charge in [-0.25, -0.2) is 8.78 Å². The summed E-state index contributed by atoms with van der Waals surface area (Å²) in [5.41, 5.74) is -17.8. The van der Waals surface area contributed by atoms with E-state index in [1.165, 1.54) is 0 Å². The molecule has 18 heteroatoms. The van der Waals surface area contributed by atoms with Crippen LogP contribution in [0.5, 0.6) is 0 Å². The summed E-state index contributed by atoms with van der Waals surface area (Å²) >= 11 is 0. The van der Waals surface area contributed by atoms with Gasteiger partial charge in [-0.2, -0.15) is 70.2 Å². The maximum absolute atomic E-state index is 13.9. The first-order valence-electron chi connectivity index (χ1n) is 5.65. The second kappa shape index (κ2) is 5.01. The van der Waals surface area contributed by atoms with E-state index in [1.807, 2.05) is 0 Å². The van der Waals surface area contributed by atoms with E-state index in [4.69, 9.17) is 0 Å². The van der Waals surface area contributed by atoms with Crippen LogP contribution in [0.25, 0.3) is 0 Å². The summed E-state index contributed by atoms with van der Waals surface area (Å²) in [6.45, 7) is 0. The summed E-state index contributed by atoms with van der Waals surface area (Å²) in [5.74, 6) is -42.4. The minimum atomic E-state index is -8.95. The maximum atomic E-state index is 13.9. The average Bonchev–Trinajstić information content (AvgIpc) is 2.40. The van der Waals surface area contributed by atoms with Gasteiger partial charge in [0.2, 0.25) is 0 Å². The van der Waals surface area contributed by atoms with Gasteiger partial charge < -0.3 is 0 Å². The normalized spacial score (nSPS) is 35.8. The van der Waals surface area contributed by atoms with Crippen molar-refractivity contribution in [3.63, 3.8) is 0 Å². The Morgan fingerprint density at radius 1 is 0.370 bits per heavy atom. The Kier molecular flexibility index (Phi) is 4.41. The molecule has 0 saturated heterocycles. The Morgan fingerprint density at radius 3 is 0.852 bits per heavy atom. The summed E-state index contributed by atoms with van der Waals surface area (Å²) in [7, 11) is 0. The van der Waals surface area contributed by atoms with E-state index in [0.29, 0.717) is 0 Å². The molecule has 0 N–H and O–H groups in total. The molecule has 2 atom stereocenters. The fourth-order valence-corrected chi connectivity index (χ4v) is 2.24. The third-order valence-electron chi connectivity index (χ3n) is 3.70. The molecule has 0 aromatic rings. The van der Waals surface area contributed by atoms with Gasteiger partial charge in [0.25, 0.3) is 0 Å². The minimum absolute atomic E-state index is 8.13. The molecule has 0 bridgehead atoms. The van der Waals surface area contributed by atoms with Crippen molar-refractivity contribution >= 4 is 0 Å². The number of alkyl halides is 18. The van der Waals surface area contributed by atoms with E-state index in [2.05, 4.69) is 0 Å². The van der Waals surface area contributed by atoms with Crippen LogP contribution < -0.4 is 0 Å². The molecule has 1 saturated carbocycles. The molecule has 162 valence electrons. The molecule has 0 radical (unpaired) electrons. The van der Waals surface area contributed by atoms with Crippen molar-refractivity contribution in [2.45, 2.75) is 53.3 Å². The quantitative estimate of drug-likeness (QED) is 0.449. The van der Waals surface area contributed by atoms with Crippen LogP contribution in [-0.4, -0.2) is 53.3 Å². The van der Waals surface area contributed by atoms with E-state index in [1.54, 1.807) is 0 Å². The Labute approximate surface area is 134 Å². The highest BCUT2D eigenvalue weighted by atomic mass is 19.4. The number of hydrogen-bond donors (Lipinski definition) is 0. The lowest BCUT2D eigenvalue weighted by atomic mass is 9.62. The lowest BCUT2D eigenvalue weighted by Crippen LogP contribution is -2.92. The van der Waals surface area contributed by atoms with Gasteiger partial charge in [0, 0.05) is 0 Å². The van der Waals surface area contributed by atoms with Crippen LogP contribution in [0.4, 0.5) is 79.0 Å². The molecule has 1 aliphatic carbocycles. The van der Waals surface area contributed by atoms with E-state index in [0.717, 1.165) is 0 Å². The SMILES string of the molecule is FC(F)(F)C(F)(F)[C@]1(F)C(F)(F)C(F)(F)C(F)(F)C(F)(F)[C@]1(F)C(F)(F)F. The van der Waals surface area contributed by atoms with Gasteiger partial charge in [-0.3, -0.25) is 0 Å². The molecule has 0 amide bonds. The molecule has 0 spiro atoms. The highest BCUT2D eigenvalue weighted by Crippen LogP contribution is 2.75. The topological polar surface area (TPSA) is 0 Å². The highest BCUT2D eigenvalue weighted by molar-refractivity contribution is 5.35. The second-order valence-corrected chi connectivity index (χ2v) is 5.18. The fraction of sp³-hybridized carbons (Fsp3) is 1.00. The molecular weight excluding hydrogens is 450 g/mol. The molecule has 0 heterocycles. The second-order valence-electron chi connectivity index (χ2n) is 5.18. The third-order valence-corrected chi connectivity index (χ3v) is 3.70. The summed E-state index contributed by atoms with van der Waals surface area (Å²) in [5, 5.41) is 0. The summed E-state index contributed by atoms with van der Waals surface area (Å²) < 4.78 is 232. The zero-order chi connectivity index (χ0) is 22.5. The van der Waals surface area contributed by atoms with Crippen LogP contribution in [0.15, 0.2) is 0 Å². The van der Waals surface area contributed by atoms with Crippen LogP contribution in [0.3, 0.4) is 0 Å². The van der Waals surface area contributed by atoms with Crippen LogP contribution in [-0.2, 0) is 0 Å². The predicted octanol–water partition coefficient (Wildman–Crippen LogP) is 5.72. The molecule has 27 heavy (non-hydrogen) atoms. The van der Waals surface area contributed by atoms with Crippen molar-refractivity contribution in [1.29, 1.82) is 0 Å². The Morgan fingerprint density at radius 2 is 0.630 bits per heavy atom. The number of halogens is 18. The highest BCUT2D eigenvalue weighted by Gasteiger charge is 3.09. The maximum Gasteiger partial charge on any atom is 0.457 e. The van der Waals surface area contributed by atoms with Gasteiger partial charge in [0.1, 0.15) is 0 Å². The standard InChI is InChI=1S/C9F18/c10-1(5(16,17)9(25,26)27)2(11,8(22,23)24)4(14,15)7(20,21)6(18,19)3(1,12)13/t1-,2+/m1/s1. The zero-order valence-corrected chi connectivity index (χ0v) is 11.3. The molecule has 0 unspecified atom stereocenters. The first kappa shape index (κ1) is 23.8. The van der Waals surface area contributed by atoms with Crippen molar-refractivity contribution in [2.24, 2.45) is 0 Å². The third kappa shape index (κ3) is 2.01. The molecule has 0 aliphatic heterocycles. The summed E-state index contributed by atoms with van der Waals surface area (Å²) in [4.78, 5) is 0. The van der Waals surface area contributed by atoms with Crippen molar-refractivity contribution in [3.05, 3.63) is 0 Å². The average molecular weight is 450 g/mol. The van der Waals surface area contributed by atoms with Gasteiger partial charge in [-0.15, -0.1) is 0 Å². The van der Waals surface area contributed by atoms with E-state index in [-0.39, 0.29) is 0 Å². The lowest BCUT2D eigenvalue weighted by Gasteiger charge is -2.57. The fourth-order valence-electron chi connectivity index (χ4n) is 2.24. The van der Waals surface area contributed by atoms with Crippen molar-refractivity contribution < 1.29 is 79.0 Å². The lowest BCUT2D eigenvalue weighted by molar-refractivity contribution is -0.528. The van der Waals surface area contributed by atoms with Crippen LogP contribution in [0.1, 0.15) is 0 Å². The summed E-state index contributed by atoms with van der Waals surface area (Å²) in [6, 6.07) is 0. The first-order valence-corrected chi connectivity index (χ1v) is 5.65. The minimum Gasteiger partial charge on any atom is -0.225 e. The largest absolute Gasteiger partial charge is 0.457 e. The Bertz CT molecular complexity index is 607. The van der Waals surface area contributed by atoms with Crippen LogP contribution in [0, 0.1) is 0 Å².